The first-order chi connectivity index (χ1) is 18.2. The van der Waals surface area contributed by atoms with Crippen LogP contribution in [0.2, 0.25) is 5.02 Å². The SMILES string of the molecule is CCOc1cc(/C=C2\SC(=O)N(CC(=O)Nc3ccc(Cl)cc3)C2=O)cc(Br)c1OCc1ccc(F)cc1. The number of hydrogen-bond donors (Lipinski definition) is 1. The Morgan fingerprint density at radius 1 is 1.11 bits per heavy atom. The Morgan fingerprint density at radius 3 is 2.50 bits per heavy atom. The Morgan fingerprint density at radius 2 is 1.82 bits per heavy atom. The molecule has 0 atom stereocenters. The highest BCUT2D eigenvalue weighted by Gasteiger charge is 2.36. The first kappa shape index (κ1) is 27.7. The minimum Gasteiger partial charge on any atom is -0.490 e. The summed E-state index contributed by atoms with van der Waals surface area (Å²) in [5.74, 6) is -0.546. The van der Waals surface area contributed by atoms with Gasteiger partial charge in [0.05, 0.1) is 16.0 Å². The number of thioether (sulfide) groups is 1. The highest BCUT2D eigenvalue weighted by atomic mass is 79.9. The van der Waals surface area contributed by atoms with Gasteiger partial charge in [0.2, 0.25) is 5.91 Å². The summed E-state index contributed by atoms with van der Waals surface area (Å²) in [5.41, 5.74) is 1.86. The lowest BCUT2D eigenvalue weighted by atomic mass is 10.1. The average Bonchev–Trinajstić information content (AvgIpc) is 3.13. The quantitative estimate of drug-likeness (QED) is 0.263. The number of rotatable bonds is 9. The van der Waals surface area contributed by atoms with Gasteiger partial charge >= 0.3 is 0 Å². The summed E-state index contributed by atoms with van der Waals surface area (Å²) >= 11 is 10.1. The molecule has 0 bridgehead atoms. The van der Waals surface area contributed by atoms with Gasteiger partial charge in [-0.25, -0.2) is 4.39 Å². The zero-order chi connectivity index (χ0) is 27.2. The summed E-state index contributed by atoms with van der Waals surface area (Å²) in [6.45, 7) is 1.96. The highest BCUT2D eigenvalue weighted by molar-refractivity contribution is 9.10. The van der Waals surface area contributed by atoms with Gasteiger partial charge in [-0.2, -0.15) is 0 Å². The van der Waals surface area contributed by atoms with Gasteiger partial charge in [0, 0.05) is 10.7 Å². The second kappa shape index (κ2) is 12.5. The van der Waals surface area contributed by atoms with Gasteiger partial charge in [0.15, 0.2) is 11.5 Å². The summed E-state index contributed by atoms with van der Waals surface area (Å²) in [7, 11) is 0. The fourth-order valence-electron chi connectivity index (χ4n) is 3.48. The Balaban J connectivity index is 1.48. The molecule has 1 saturated heterocycles. The molecular formula is C27H21BrClFN2O5S. The van der Waals surface area contributed by atoms with Crippen molar-refractivity contribution in [2.75, 3.05) is 18.5 Å². The van der Waals surface area contributed by atoms with Crippen molar-refractivity contribution < 1.29 is 28.2 Å². The van der Waals surface area contributed by atoms with Crippen molar-refractivity contribution in [3.8, 4) is 11.5 Å². The minimum atomic E-state index is -0.572. The Hall–Kier alpha value is -3.34. The lowest BCUT2D eigenvalue weighted by Crippen LogP contribution is -2.36. The number of nitrogens with zero attached hydrogens (tertiary/aromatic N) is 1. The van der Waals surface area contributed by atoms with Crippen molar-refractivity contribution in [2.24, 2.45) is 0 Å². The number of amides is 3. The molecule has 0 aliphatic carbocycles. The number of halogens is 3. The molecule has 0 unspecified atom stereocenters. The predicted octanol–water partition coefficient (Wildman–Crippen LogP) is 6.89. The molecule has 1 N–H and O–H groups in total. The average molecular weight is 620 g/mol. The van der Waals surface area contributed by atoms with E-state index >= 15 is 0 Å². The van der Waals surface area contributed by atoms with E-state index in [1.165, 1.54) is 12.1 Å². The lowest BCUT2D eigenvalue weighted by molar-refractivity contribution is -0.127. The maximum absolute atomic E-state index is 13.2. The summed E-state index contributed by atoms with van der Waals surface area (Å²) < 4.78 is 25.4. The smallest absolute Gasteiger partial charge is 0.294 e. The van der Waals surface area contributed by atoms with Crippen LogP contribution in [-0.2, 0) is 16.2 Å². The van der Waals surface area contributed by atoms with E-state index in [2.05, 4.69) is 21.2 Å². The van der Waals surface area contributed by atoms with Gasteiger partial charge < -0.3 is 14.8 Å². The third-order valence-corrected chi connectivity index (χ3v) is 6.98. The highest BCUT2D eigenvalue weighted by Crippen LogP contribution is 2.39. The number of benzene rings is 3. The zero-order valence-corrected chi connectivity index (χ0v) is 23.2. The first-order valence-electron chi connectivity index (χ1n) is 11.4. The third kappa shape index (κ3) is 6.94. The molecule has 3 amide bonds. The molecule has 1 aliphatic rings. The third-order valence-electron chi connectivity index (χ3n) is 5.23. The first-order valence-corrected chi connectivity index (χ1v) is 13.4. The van der Waals surface area contributed by atoms with Crippen molar-refractivity contribution >= 4 is 68.1 Å². The molecule has 0 saturated carbocycles. The largest absolute Gasteiger partial charge is 0.490 e. The van der Waals surface area contributed by atoms with E-state index in [0.717, 1.165) is 22.2 Å². The van der Waals surface area contributed by atoms with Crippen LogP contribution in [0.3, 0.4) is 0 Å². The Bertz CT molecular complexity index is 1400. The normalized spacial score (nSPS) is 14.2. The van der Waals surface area contributed by atoms with Crippen LogP contribution in [0.25, 0.3) is 6.08 Å². The number of imide groups is 1. The van der Waals surface area contributed by atoms with E-state index in [1.807, 2.05) is 6.92 Å². The molecule has 0 radical (unpaired) electrons. The summed E-state index contributed by atoms with van der Waals surface area (Å²) in [4.78, 5) is 38.9. The van der Waals surface area contributed by atoms with E-state index < -0.39 is 23.6 Å². The molecule has 1 heterocycles. The molecule has 38 heavy (non-hydrogen) atoms. The minimum absolute atomic E-state index is 0.170. The van der Waals surface area contributed by atoms with Crippen LogP contribution in [0.1, 0.15) is 18.1 Å². The fraction of sp³-hybridized carbons (Fsp3) is 0.148. The van der Waals surface area contributed by atoms with Gasteiger partial charge in [0.1, 0.15) is 19.0 Å². The van der Waals surface area contributed by atoms with Crippen LogP contribution in [0.15, 0.2) is 70.0 Å². The molecule has 7 nitrogen and oxygen atoms in total. The Labute approximate surface area is 236 Å². The van der Waals surface area contributed by atoms with E-state index in [4.69, 9.17) is 21.1 Å². The molecular weight excluding hydrogens is 599 g/mol. The van der Waals surface area contributed by atoms with E-state index in [-0.39, 0.29) is 17.3 Å². The molecule has 11 heteroatoms. The van der Waals surface area contributed by atoms with E-state index in [9.17, 15) is 18.8 Å². The van der Waals surface area contributed by atoms with Crippen molar-refractivity contribution in [2.45, 2.75) is 13.5 Å². The topological polar surface area (TPSA) is 84.9 Å². The van der Waals surface area contributed by atoms with Gasteiger partial charge in [-0.3, -0.25) is 19.3 Å². The molecule has 1 aliphatic heterocycles. The molecule has 0 aromatic heterocycles. The maximum atomic E-state index is 13.2. The molecule has 3 aromatic carbocycles. The zero-order valence-electron chi connectivity index (χ0n) is 20.0. The number of hydrogen-bond acceptors (Lipinski definition) is 6. The fourth-order valence-corrected chi connectivity index (χ4v) is 5.01. The van der Waals surface area contributed by atoms with Crippen LogP contribution in [0.4, 0.5) is 14.9 Å². The van der Waals surface area contributed by atoms with Crippen LogP contribution in [0.5, 0.6) is 11.5 Å². The maximum Gasteiger partial charge on any atom is 0.294 e. The second-order valence-corrected chi connectivity index (χ2v) is 10.3. The number of ether oxygens (including phenoxy) is 2. The number of anilines is 1. The number of nitrogens with one attached hydrogen (secondary N) is 1. The van der Waals surface area contributed by atoms with E-state index in [1.54, 1.807) is 54.6 Å². The lowest BCUT2D eigenvalue weighted by Gasteiger charge is -2.15. The molecule has 0 spiro atoms. The number of carbonyl (C=O) groups is 3. The molecule has 3 aromatic rings. The van der Waals surface area contributed by atoms with Crippen LogP contribution >= 0.6 is 39.3 Å². The van der Waals surface area contributed by atoms with Gasteiger partial charge in [0.25, 0.3) is 11.1 Å². The summed E-state index contributed by atoms with van der Waals surface area (Å²) in [5, 5.41) is 2.61. The van der Waals surface area contributed by atoms with Gasteiger partial charge in [-0.1, -0.05) is 23.7 Å². The van der Waals surface area contributed by atoms with E-state index in [0.29, 0.717) is 38.9 Å². The summed E-state index contributed by atoms with van der Waals surface area (Å²) in [6.07, 6.45) is 1.55. The molecule has 4 rings (SSSR count). The Kier molecular flexibility index (Phi) is 9.09. The van der Waals surface area contributed by atoms with Crippen LogP contribution in [0, 0.1) is 5.82 Å². The summed E-state index contributed by atoms with van der Waals surface area (Å²) in [6, 6.07) is 15.9. The predicted molar refractivity (Wildman–Crippen MR) is 149 cm³/mol. The van der Waals surface area contributed by atoms with Gasteiger partial charge in [-0.05, 0) is 100 Å². The van der Waals surface area contributed by atoms with Crippen LogP contribution in [-0.4, -0.2) is 35.1 Å². The second-order valence-electron chi connectivity index (χ2n) is 8.00. The van der Waals surface area contributed by atoms with Gasteiger partial charge in [-0.15, -0.1) is 0 Å². The van der Waals surface area contributed by atoms with Crippen molar-refractivity contribution in [3.05, 3.63) is 92.0 Å². The molecule has 1 fully saturated rings. The van der Waals surface area contributed by atoms with Crippen molar-refractivity contribution in [3.63, 3.8) is 0 Å². The van der Waals surface area contributed by atoms with Crippen LogP contribution < -0.4 is 14.8 Å². The van der Waals surface area contributed by atoms with Crippen molar-refractivity contribution in [1.29, 1.82) is 0 Å². The number of carbonyl (C=O) groups excluding carboxylic acids is 3. The standard InChI is InChI=1S/C27H21BrClFN2O5S/c1-2-36-22-12-17(11-21(28)25(22)37-15-16-3-7-19(30)8-4-16)13-23-26(34)32(27(35)38-23)14-24(33)31-20-9-5-18(29)6-10-20/h3-13H,2,14-15H2,1H3,(H,31,33)/b23-13-. The molecule has 196 valence electrons. The van der Waals surface area contributed by atoms with Crippen molar-refractivity contribution in [1.82, 2.24) is 4.90 Å². The monoisotopic (exact) mass is 618 g/mol.